The second kappa shape index (κ2) is 2.41. The standard InChI is InChI=1S/C10H17/c1-5-9-7-6-8(2)10(9,3)4/h8H,5-6H2,1-4H3. The van der Waals surface area contributed by atoms with Gasteiger partial charge in [0.15, 0.2) is 0 Å². The Morgan fingerprint density at radius 1 is 1.60 bits per heavy atom. The van der Waals surface area contributed by atoms with Crippen molar-refractivity contribution in [1.29, 1.82) is 0 Å². The monoisotopic (exact) mass is 137 g/mol. The molecule has 0 aromatic rings. The molecule has 0 aliphatic heterocycles. The van der Waals surface area contributed by atoms with E-state index in [1.54, 1.807) is 0 Å². The van der Waals surface area contributed by atoms with Gasteiger partial charge in [-0.15, -0.1) is 0 Å². The largest absolute Gasteiger partial charge is 0.0616 e. The van der Waals surface area contributed by atoms with Gasteiger partial charge < -0.3 is 0 Å². The summed E-state index contributed by atoms with van der Waals surface area (Å²) >= 11 is 0. The second-order valence-corrected chi connectivity index (χ2v) is 3.84. The highest BCUT2D eigenvalue weighted by molar-refractivity contribution is 5.15. The number of hydrogen-bond donors (Lipinski definition) is 0. The molecule has 0 bridgehead atoms. The Morgan fingerprint density at radius 3 is 2.40 bits per heavy atom. The van der Waals surface area contributed by atoms with Crippen molar-refractivity contribution in [3.63, 3.8) is 0 Å². The van der Waals surface area contributed by atoms with Gasteiger partial charge in [-0.25, -0.2) is 0 Å². The van der Waals surface area contributed by atoms with Gasteiger partial charge in [0.25, 0.3) is 0 Å². The van der Waals surface area contributed by atoms with Crippen LogP contribution < -0.4 is 0 Å². The Balaban J connectivity index is 2.77. The lowest BCUT2D eigenvalue weighted by atomic mass is 9.77. The van der Waals surface area contributed by atoms with Crippen molar-refractivity contribution < 1.29 is 0 Å². The summed E-state index contributed by atoms with van der Waals surface area (Å²) in [5, 5.41) is 0. The molecule has 1 unspecified atom stereocenters. The highest BCUT2D eigenvalue weighted by Gasteiger charge is 2.32. The highest BCUT2D eigenvalue weighted by Crippen LogP contribution is 2.43. The Bertz CT molecular complexity index is 151. The fourth-order valence-electron chi connectivity index (χ4n) is 1.64. The third-order valence-electron chi connectivity index (χ3n) is 2.98. The zero-order valence-corrected chi connectivity index (χ0v) is 7.49. The first kappa shape index (κ1) is 7.84. The highest BCUT2D eigenvalue weighted by atomic mass is 14.4. The van der Waals surface area contributed by atoms with Crippen molar-refractivity contribution in [2.75, 3.05) is 0 Å². The van der Waals surface area contributed by atoms with Crippen molar-refractivity contribution in [3.05, 3.63) is 11.6 Å². The molecule has 1 radical (unpaired) electrons. The van der Waals surface area contributed by atoms with Crippen molar-refractivity contribution in [1.82, 2.24) is 0 Å². The van der Waals surface area contributed by atoms with Crippen LogP contribution in [0.4, 0.5) is 0 Å². The van der Waals surface area contributed by atoms with E-state index in [1.807, 2.05) is 0 Å². The molecular formula is C10H17. The molecule has 0 saturated carbocycles. The van der Waals surface area contributed by atoms with Gasteiger partial charge in [-0.2, -0.15) is 0 Å². The first-order valence-corrected chi connectivity index (χ1v) is 4.19. The summed E-state index contributed by atoms with van der Waals surface area (Å²) in [5.41, 5.74) is 1.95. The van der Waals surface area contributed by atoms with E-state index in [9.17, 15) is 0 Å². The summed E-state index contributed by atoms with van der Waals surface area (Å²) in [6, 6.07) is 0. The molecule has 1 aliphatic rings. The molecule has 0 heteroatoms. The first-order chi connectivity index (χ1) is 4.59. The quantitative estimate of drug-likeness (QED) is 0.520. The number of allylic oxidation sites excluding steroid dienone is 2. The van der Waals surface area contributed by atoms with Gasteiger partial charge >= 0.3 is 0 Å². The molecule has 1 rings (SSSR count). The van der Waals surface area contributed by atoms with Gasteiger partial charge in [0.05, 0.1) is 0 Å². The molecule has 0 spiro atoms. The van der Waals surface area contributed by atoms with Gasteiger partial charge in [-0.1, -0.05) is 33.3 Å². The summed E-state index contributed by atoms with van der Waals surface area (Å²) in [6.07, 6.45) is 5.80. The Hall–Kier alpha value is -0.260. The SMILES string of the molecule is CCC1=[C]CC(C)C1(C)C. The van der Waals surface area contributed by atoms with E-state index in [-0.39, 0.29) is 0 Å². The summed E-state index contributed by atoms with van der Waals surface area (Å²) in [5.74, 6) is 0.794. The van der Waals surface area contributed by atoms with Crippen LogP contribution in [0.1, 0.15) is 40.5 Å². The van der Waals surface area contributed by atoms with Gasteiger partial charge in [-0.3, -0.25) is 0 Å². The van der Waals surface area contributed by atoms with Crippen LogP contribution in [0.3, 0.4) is 0 Å². The lowest BCUT2D eigenvalue weighted by molar-refractivity contribution is 0.311. The van der Waals surface area contributed by atoms with Crippen LogP contribution in [0.15, 0.2) is 5.57 Å². The van der Waals surface area contributed by atoms with Crippen LogP contribution in [0.5, 0.6) is 0 Å². The normalized spacial score (nSPS) is 30.4. The summed E-state index contributed by atoms with van der Waals surface area (Å²) in [6.45, 7) is 9.20. The lowest BCUT2D eigenvalue weighted by Crippen LogP contribution is -2.18. The lowest BCUT2D eigenvalue weighted by Gasteiger charge is -2.27. The molecule has 10 heavy (non-hydrogen) atoms. The maximum absolute atomic E-state index is 3.46. The van der Waals surface area contributed by atoms with Crippen LogP contribution in [0.2, 0.25) is 0 Å². The molecular weight excluding hydrogens is 120 g/mol. The van der Waals surface area contributed by atoms with Gasteiger partial charge in [0, 0.05) is 0 Å². The minimum Gasteiger partial charge on any atom is -0.0616 e. The smallest absolute Gasteiger partial charge is 0.0110 e. The zero-order valence-electron chi connectivity index (χ0n) is 7.49. The van der Waals surface area contributed by atoms with Crippen molar-refractivity contribution in [2.24, 2.45) is 11.3 Å². The Kier molecular flexibility index (Phi) is 1.89. The molecule has 0 aromatic carbocycles. The molecule has 0 nitrogen and oxygen atoms in total. The van der Waals surface area contributed by atoms with Crippen molar-refractivity contribution in [3.8, 4) is 0 Å². The fraction of sp³-hybridized carbons (Fsp3) is 0.800. The summed E-state index contributed by atoms with van der Waals surface area (Å²) in [7, 11) is 0. The maximum Gasteiger partial charge on any atom is -0.0110 e. The predicted octanol–water partition coefficient (Wildman–Crippen LogP) is 3.19. The third kappa shape index (κ3) is 1.00. The molecule has 1 aliphatic carbocycles. The maximum atomic E-state index is 3.46. The average Bonchev–Trinajstić information content (AvgIpc) is 2.10. The number of hydrogen-bond acceptors (Lipinski definition) is 0. The molecule has 0 saturated heterocycles. The minimum absolute atomic E-state index is 0.425. The predicted molar refractivity (Wildman–Crippen MR) is 44.6 cm³/mol. The topological polar surface area (TPSA) is 0 Å². The zero-order chi connectivity index (χ0) is 7.78. The minimum atomic E-state index is 0.425. The van der Waals surface area contributed by atoms with Crippen molar-refractivity contribution in [2.45, 2.75) is 40.5 Å². The van der Waals surface area contributed by atoms with Crippen LogP contribution >= 0.6 is 0 Å². The van der Waals surface area contributed by atoms with Gasteiger partial charge in [0.1, 0.15) is 0 Å². The third-order valence-corrected chi connectivity index (χ3v) is 2.98. The van der Waals surface area contributed by atoms with Crippen LogP contribution in [0.25, 0.3) is 0 Å². The number of rotatable bonds is 1. The van der Waals surface area contributed by atoms with E-state index in [2.05, 4.69) is 33.8 Å². The Morgan fingerprint density at radius 2 is 2.20 bits per heavy atom. The summed E-state index contributed by atoms with van der Waals surface area (Å²) in [4.78, 5) is 0. The van der Waals surface area contributed by atoms with Crippen molar-refractivity contribution >= 4 is 0 Å². The van der Waals surface area contributed by atoms with E-state index in [0.717, 1.165) is 12.3 Å². The van der Waals surface area contributed by atoms with E-state index in [4.69, 9.17) is 0 Å². The second-order valence-electron chi connectivity index (χ2n) is 3.84. The van der Waals surface area contributed by atoms with Gasteiger partial charge in [-0.05, 0) is 30.3 Å². The molecule has 0 amide bonds. The molecule has 0 N–H and O–H groups in total. The average molecular weight is 137 g/mol. The molecule has 1 atom stereocenters. The first-order valence-electron chi connectivity index (χ1n) is 4.19. The van der Waals surface area contributed by atoms with Crippen LogP contribution in [0, 0.1) is 17.4 Å². The molecule has 0 heterocycles. The summed E-state index contributed by atoms with van der Waals surface area (Å²) < 4.78 is 0. The van der Waals surface area contributed by atoms with Crippen LogP contribution in [-0.2, 0) is 0 Å². The van der Waals surface area contributed by atoms with E-state index in [0.29, 0.717) is 5.41 Å². The molecule has 0 aromatic heterocycles. The van der Waals surface area contributed by atoms with Crippen LogP contribution in [-0.4, -0.2) is 0 Å². The fourth-order valence-corrected chi connectivity index (χ4v) is 1.64. The van der Waals surface area contributed by atoms with Gasteiger partial charge in [0.2, 0.25) is 0 Å². The molecule has 57 valence electrons. The molecule has 0 fully saturated rings. The Labute approximate surface area is 64.3 Å². The van der Waals surface area contributed by atoms with E-state index < -0.39 is 0 Å². The van der Waals surface area contributed by atoms with E-state index in [1.165, 1.54) is 12.0 Å². The van der Waals surface area contributed by atoms with E-state index >= 15 is 0 Å².